The molecule has 0 bridgehead atoms. The molecule has 4 rings (SSSR count). The van der Waals surface area contributed by atoms with Gasteiger partial charge in [0, 0.05) is 11.6 Å². The zero-order valence-corrected chi connectivity index (χ0v) is 22.2. The Kier molecular flexibility index (Phi) is 10.6. The van der Waals surface area contributed by atoms with Gasteiger partial charge in [-0.05, 0) is 54.7 Å². The maximum absolute atomic E-state index is 13.8. The van der Waals surface area contributed by atoms with E-state index in [1.807, 2.05) is 42.5 Å². The number of carbonyl (C=O) groups excluding carboxylic acids is 2. The molecular formula is C31H36N2O6. The number of para-hydroxylation sites is 1. The molecule has 1 unspecified atom stereocenters. The van der Waals surface area contributed by atoms with E-state index in [1.54, 1.807) is 36.4 Å². The summed E-state index contributed by atoms with van der Waals surface area (Å²) in [5, 5.41) is 18.8. The van der Waals surface area contributed by atoms with Gasteiger partial charge >= 0.3 is 0 Å². The van der Waals surface area contributed by atoms with Crippen LogP contribution in [0.3, 0.4) is 0 Å². The van der Waals surface area contributed by atoms with E-state index in [-0.39, 0.29) is 18.1 Å². The van der Waals surface area contributed by atoms with Gasteiger partial charge in [-0.2, -0.15) is 0 Å². The van der Waals surface area contributed by atoms with Gasteiger partial charge in [-0.1, -0.05) is 80.8 Å². The molecule has 1 atom stereocenters. The van der Waals surface area contributed by atoms with Gasteiger partial charge in [0.05, 0.1) is 12.2 Å². The van der Waals surface area contributed by atoms with Crippen molar-refractivity contribution in [2.45, 2.75) is 57.2 Å². The number of nitrogens with zero attached hydrogens (tertiary/aromatic N) is 1. The van der Waals surface area contributed by atoms with Gasteiger partial charge in [-0.15, -0.1) is 0 Å². The van der Waals surface area contributed by atoms with Crippen molar-refractivity contribution in [3.63, 3.8) is 0 Å². The van der Waals surface area contributed by atoms with Crippen molar-refractivity contribution in [1.29, 1.82) is 0 Å². The summed E-state index contributed by atoms with van der Waals surface area (Å²) in [6.07, 6.45) is 5.49. The zero-order chi connectivity index (χ0) is 28.3. The largest absolute Gasteiger partial charge is 0.493 e. The third kappa shape index (κ3) is 7.23. The number of carboxylic acid groups (broad SMARTS) is 1. The second-order valence-electron chi connectivity index (χ2n) is 9.40. The Morgan fingerprint density at radius 2 is 1.54 bits per heavy atom. The first-order valence-electron chi connectivity index (χ1n) is 13.2. The number of carbonyl (C=O) groups is 3. The summed E-state index contributed by atoms with van der Waals surface area (Å²) >= 11 is 0. The van der Waals surface area contributed by atoms with Crippen LogP contribution in [0.4, 0.5) is 0 Å². The molecule has 1 saturated carbocycles. The normalized spacial score (nSPS) is 13.8. The average molecular weight is 533 g/mol. The van der Waals surface area contributed by atoms with Crippen LogP contribution >= 0.6 is 0 Å². The van der Waals surface area contributed by atoms with Crippen LogP contribution < -0.4 is 10.5 Å². The maximum atomic E-state index is 13.8. The van der Waals surface area contributed by atoms with Crippen LogP contribution in [0.5, 0.6) is 5.75 Å². The van der Waals surface area contributed by atoms with Crippen LogP contribution in [0.2, 0.25) is 0 Å². The van der Waals surface area contributed by atoms with Crippen molar-refractivity contribution in [3.05, 3.63) is 90.0 Å². The lowest BCUT2D eigenvalue weighted by Crippen LogP contribution is -2.58. The number of rotatable bonds is 12. The number of unbranched alkanes of at least 4 members (excludes halogenated alkanes) is 3. The Labute approximate surface area is 229 Å². The molecule has 4 N–H and O–H groups in total. The SMILES string of the molecule is CCCCCCOc1ccccc1C(O)(C(N)=O)N(C(=O)c1ccc(-c2ccccc2)cc1)C1CC1.O=CO. The molecule has 8 heteroatoms. The monoisotopic (exact) mass is 532 g/mol. The van der Waals surface area contributed by atoms with E-state index in [0.717, 1.165) is 36.8 Å². The number of primary amides is 1. The van der Waals surface area contributed by atoms with Crippen LogP contribution in [0.1, 0.15) is 61.4 Å². The highest BCUT2D eigenvalue weighted by atomic mass is 16.5. The fourth-order valence-corrected chi connectivity index (χ4v) is 4.46. The van der Waals surface area contributed by atoms with Gasteiger partial charge in [0.1, 0.15) is 5.75 Å². The van der Waals surface area contributed by atoms with Crippen LogP contribution in [0.25, 0.3) is 11.1 Å². The minimum atomic E-state index is -2.34. The van der Waals surface area contributed by atoms with Crippen molar-refractivity contribution in [1.82, 2.24) is 4.90 Å². The molecule has 206 valence electrons. The highest BCUT2D eigenvalue weighted by molar-refractivity contribution is 5.99. The Morgan fingerprint density at radius 1 is 0.949 bits per heavy atom. The molecule has 0 heterocycles. The molecule has 1 aliphatic rings. The minimum absolute atomic E-state index is 0.189. The Morgan fingerprint density at radius 3 is 2.13 bits per heavy atom. The molecular weight excluding hydrogens is 496 g/mol. The number of benzene rings is 3. The van der Waals surface area contributed by atoms with E-state index >= 15 is 0 Å². The Balaban J connectivity index is 0.00000134. The van der Waals surface area contributed by atoms with Crippen molar-refractivity contribution in [2.24, 2.45) is 5.73 Å². The number of nitrogens with two attached hydrogens (primary N) is 1. The summed E-state index contributed by atoms with van der Waals surface area (Å²) in [4.78, 5) is 36.2. The van der Waals surface area contributed by atoms with Gasteiger partial charge in [-0.25, -0.2) is 0 Å². The molecule has 0 radical (unpaired) electrons. The number of amides is 2. The number of hydrogen-bond acceptors (Lipinski definition) is 5. The molecule has 1 fully saturated rings. The second-order valence-corrected chi connectivity index (χ2v) is 9.40. The van der Waals surface area contributed by atoms with E-state index < -0.39 is 17.5 Å². The molecule has 1 aliphatic carbocycles. The second kappa shape index (κ2) is 14.1. The zero-order valence-electron chi connectivity index (χ0n) is 22.2. The predicted octanol–water partition coefficient (Wildman–Crippen LogP) is 4.95. The van der Waals surface area contributed by atoms with E-state index in [9.17, 15) is 14.7 Å². The maximum Gasteiger partial charge on any atom is 0.290 e. The van der Waals surface area contributed by atoms with Crippen LogP contribution in [-0.4, -0.2) is 46.0 Å². The lowest BCUT2D eigenvalue weighted by Gasteiger charge is -2.38. The first kappa shape index (κ1) is 29.4. The highest BCUT2D eigenvalue weighted by Crippen LogP contribution is 2.41. The molecule has 0 saturated heterocycles. The first-order valence-corrected chi connectivity index (χ1v) is 13.2. The van der Waals surface area contributed by atoms with Crippen molar-refractivity contribution in [2.75, 3.05) is 6.61 Å². The first-order chi connectivity index (χ1) is 18.9. The summed E-state index contributed by atoms with van der Waals surface area (Å²) < 4.78 is 5.97. The molecule has 3 aromatic carbocycles. The van der Waals surface area contributed by atoms with Crippen molar-refractivity contribution < 1.29 is 29.3 Å². The van der Waals surface area contributed by atoms with Gasteiger partial charge in [0.2, 0.25) is 0 Å². The minimum Gasteiger partial charge on any atom is -0.493 e. The number of aliphatic hydroxyl groups is 1. The molecule has 3 aromatic rings. The van der Waals surface area contributed by atoms with E-state index in [2.05, 4.69) is 6.92 Å². The highest BCUT2D eigenvalue weighted by Gasteiger charge is 2.52. The van der Waals surface area contributed by atoms with Crippen molar-refractivity contribution >= 4 is 18.3 Å². The number of hydrogen-bond donors (Lipinski definition) is 3. The van der Waals surface area contributed by atoms with Crippen molar-refractivity contribution in [3.8, 4) is 16.9 Å². The third-order valence-corrected chi connectivity index (χ3v) is 6.58. The summed E-state index contributed by atoms with van der Waals surface area (Å²) in [6.45, 7) is 2.34. The van der Waals surface area contributed by atoms with E-state index in [4.69, 9.17) is 20.4 Å². The standard InChI is InChI=1S/C30H34N2O4.CH2O2/c1-2-3-4-10-21-36-27-14-9-8-13-26(27)30(35,29(31)34)32(25-19-20-25)28(33)24-17-15-23(16-18-24)22-11-6-5-7-12-22;2-1-3/h5-9,11-18,25,35H,2-4,10,19-21H2,1H3,(H2,31,34);1H,(H,2,3). The third-order valence-electron chi connectivity index (χ3n) is 6.58. The predicted molar refractivity (Wildman–Crippen MR) is 149 cm³/mol. The van der Waals surface area contributed by atoms with Crippen LogP contribution in [0, 0.1) is 0 Å². The number of ether oxygens (including phenoxy) is 1. The van der Waals surface area contributed by atoms with Gasteiger partial charge in [0.15, 0.2) is 0 Å². The van der Waals surface area contributed by atoms with Gasteiger partial charge in [0.25, 0.3) is 24.0 Å². The Bertz CT molecular complexity index is 1230. The fourth-order valence-electron chi connectivity index (χ4n) is 4.46. The molecule has 2 amide bonds. The molecule has 0 spiro atoms. The average Bonchev–Trinajstić information content (AvgIpc) is 3.79. The summed E-state index contributed by atoms with van der Waals surface area (Å²) in [5.74, 6) is -1.10. The summed E-state index contributed by atoms with van der Waals surface area (Å²) in [6, 6.07) is 23.5. The van der Waals surface area contributed by atoms with Crippen LogP contribution in [-0.2, 0) is 15.3 Å². The topological polar surface area (TPSA) is 130 Å². The smallest absolute Gasteiger partial charge is 0.290 e. The van der Waals surface area contributed by atoms with Crippen LogP contribution in [0.15, 0.2) is 78.9 Å². The molecule has 0 aliphatic heterocycles. The van der Waals surface area contributed by atoms with Gasteiger partial charge in [-0.3, -0.25) is 19.3 Å². The van der Waals surface area contributed by atoms with E-state index in [1.165, 1.54) is 4.90 Å². The summed E-state index contributed by atoms with van der Waals surface area (Å²) in [7, 11) is 0. The summed E-state index contributed by atoms with van der Waals surface area (Å²) in [5.41, 5.74) is 6.04. The quantitative estimate of drug-likeness (QED) is 0.172. The molecule has 0 aromatic heterocycles. The van der Waals surface area contributed by atoms with Gasteiger partial charge < -0.3 is 20.7 Å². The fraction of sp³-hybridized carbons (Fsp3) is 0.323. The Hall–Kier alpha value is -4.17. The molecule has 39 heavy (non-hydrogen) atoms. The van der Waals surface area contributed by atoms with E-state index in [0.29, 0.717) is 30.8 Å². The lowest BCUT2D eigenvalue weighted by atomic mass is 9.96. The molecule has 8 nitrogen and oxygen atoms in total. The lowest BCUT2D eigenvalue weighted by molar-refractivity contribution is -0.158.